The van der Waals surface area contributed by atoms with Crippen LogP contribution in [0.3, 0.4) is 0 Å². The second-order valence-corrected chi connectivity index (χ2v) is 11.2. The molecule has 0 saturated heterocycles. The number of hydrogen-bond acceptors (Lipinski definition) is 4. The maximum absolute atomic E-state index is 6.44. The van der Waals surface area contributed by atoms with E-state index in [9.17, 15) is 0 Å². The highest BCUT2D eigenvalue weighted by atomic mass is 16.4. The molecule has 0 aliphatic heterocycles. The zero-order valence-corrected chi connectivity index (χ0v) is 24.2. The summed E-state index contributed by atoms with van der Waals surface area (Å²) in [6, 6.07) is 54.6. The summed E-state index contributed by atoms with van der Waals surface area (Å²) in [5.41, 5.74) is 9.56. The molecule has 0 unspecified atom stereocenters. The number of fused-ring (bicyclic) bond motifs is 5. The Balaban J connectivity index is 1.21. The molecule has 0 saturated carbocycles. The number of rotatable bonds is 5. The number of hydrogen-bond donors (Lipinski definition) is 0. The zero-order chi connectivity index (χ0) is 29.7. The van der Waals surface area contributed by atoms with E-state index >= 15 is 0 Å². The van der Waals surface area contributed by atoms with Crippen LogP contribution in [0.15, 0.2) is 167 Å². The number of oxazole rings is 1. The van der Waals surface area contributed by atoms with Gasteiger partial charge < -0.3 is 13.7 Å². The molecular weight excluding hydrogens is 552 g/mol. The van der Waals surface area contributed by atoms with E-state index in [2.05, 4.69) is 114 Å². The standard InChI is InChI=1S/C41H26N2O2/c1-3-12-29(13-4-1)41-42-35-25-34-38(26-39(35)45-41)44-37-20-10-19-36(40(34)37)43(30-15-5-2-6-16-30)31-23-21-28(22-24-31)33-18-9-14-27-11-7-8-17-32(27)33/h1-26H. The van der Waals surface area contributed by atoms with Crippen molar-refractivity contribution in [1.82, 2.24) is 4.98 Å². The molecule has 0 N–H and O–H groups in total. The van der Waals surface area contributed by atoms with E-state index in [-0.39, 0.29) is 0 Å². The van der Waals surface area contributed by atoms with E-state index in [4.69, 9.17) is 13.8 Å². The molecule has 0 atom stereocenters. The van der Waals surface area contributed by atoms with Crippen LogP contribution in [0.1, 0.15) is 0 Å². The third-order valence-corrected chi connectivity index (χ3v) is 8.49. The van der Waals surface area contributed by atoms with Crippen LogP contribution >= 0.6 is 0 Å². The molecule has 0 aliphatic carbocycles. The molecule has 0 bridgehead atoms. The van der Waals surface area contributed by atoms with E-state index in [0.29, 0.717) is 11.5 Å². The van der Waals surface area contributed by atoms with Gasteiger partial charge in [0.2, 0.25) is 5.89 Å². The van der Waals surface area contributed by atoms with Crippen LogP contribution in [-0.2, 0) is 0 Å². The van der Waals surface area contributed by atoms with Gasteiger partial charge in [-0.3, -0.25) is 0 Å². The molecule has 9 rings (SSSR count). The van der Waals surface area contributed by atoms with Crippen molar-refractivity contribution >= 4 is 60.9 Å². The van der Waals surface area contributed by atoms with Gasteiger partial charge in [-0.15, -0.1) is 0 Å². The molecule has 0 radical (unpaired) electrons. The lowest BCUT2D eigenvalue weighted by Crippen LogP contribution is -2.10. The smallest absolute Gasteiger partial charge is 0.227 e. The Hall–Kier alpha value is -6.13. The Kier molecular flexibility index (Phi) is 5.78. The highest BCUT2D eigenvalue weighted by Gasteiger charge is 2.21. The molecule has 212 valence electrons. The van der Waals surface area contributed by atoms with Gasteiger partial charge in [0.25, 0.3) is 0 Å². The van der Waals surface area contributed by atoms with Gasteiger partial charge >= 0.3 is 0 Å². The Morgan fingerprint density at radius 2 is 1.18 bits per heavy atom. The molecule has 0 fully saturated rings. The topological polar surface area (TPSA) is 42.4 Å². The number of furan rings is 1. The van der Waals surface area contributed by atoms with Crippen molar-refractivity contribution in [2.75, 3.05) is 4.90 Å². The van der Waals surface area contributed by atoms with Crippen LogP contribution in [0.2, 0.25) is 0 Å². The number of aromatic nitrogens is 1. The minimum Gasteiger partial charge on any atom is -0.456 e. The van der Waals surface area contributed by atoms with Crippen LogP contribution in [0.25, 0.3) is 66.4 Å². The van der Waals surface area contributed by atoms with Crippen LogP contribution in [0.5, 0.6) is 0 Å². The number of para-hydroxylation sites is 1. The molecule has 2 heterocycles. The van der Waals surface area contributed by atoms with E-state index < -0.39 is 0 Å². The first kappa shape index (κ1) is 25.4. The van der Waals surface area contributed by atoms with Gasteiger partial charge in [0.15, 0.2) is 5.58 Å². The Labute approximate surface area is 259 Å². The first-order valence-corrected chi connectivity index (χ1v) is 15.0. The molecular formula is C41H26N2O2. The molecule has 45 heavy (non-hydrogen) atoms. The van der Waals surface area contributed by atoms with Gasteiger partial charge in [0, 0.05) is 28.4 Å². The fourth-order valence-electron chi connectivity index (χ4n) is 6.39. The van der Waals surface area contributed by atoms with Crippen molar-refractivity contribution in [2.24, 2.45) is 0 Å². The van der Waals surface area contributed by atoms with Gasteiger partial charge in [-0.05, 0) is 76.5 Å². The lowest BCUT2D eigenvalue weighted by Gasteiger charge is -2.26. The Bertz CT molecular complexity index is 2470. The van der Waals surface area contributed by atoms with E-state index in [1.54, 1.807) is 0 Å². The van der Waals surface area contributed by atoms with E-state index in [0.717, 1.165) is 50.1 Å². The van der Waals surface area contributed by atoms with Gasteiger partial charge in [-0.1, -0.05) is 97.1 Å². The maximum Gasteiger partial charge on any atom is 0.227 e. The third-order valence-electron chi connectivity index (χ3n) is 8.49. The molecule has 0 aliphatic rings. The summed E-state index contributed by atoms with van der Waals surface area (Å²) in [7, 11) is 0. The maximum atomic E-state index is 6.44. The monoisotopic (exact) mass is 578 g/mol. The van der Waals surface area contributed by atoms with E-state index in [1.165, 1.54) is 21.9 Å². The minimum atomic E-state index is 0.597. The Morgan fingerprint density at radius 3 is 2.02 bits per heavy atom. The van der Waals surface area contributed by atoms with Crippen LogP contribution in [0.4, 0.5) is 17.1 Å². The van der Waals surface area contributed by atoms with Crippen molar-refractivity contribution in [2.45, 2.75) is 0 Å². The van der Waals surface area contributed by atoms with Crippen LogP contribution in [0, 0.1) is 0 Å². The lowest BCUT2D eigenvalue weighted by atomic mass is 9.98. The second-order valence-electron chi connectivity index (χ2n) is 11.2. The molecule has 4 heteroatoms. The van der Waals surface area contributed by atoms with Crippen molar-refractivity contribution in [3.63, 3.8) is 0 Å². The van der Waals surface area contributed by atoms with Crippen molar-refractivity contribution in [3.05, 3.63) is 158 Å². The van der Waals surface area contributed by atoms with Crippen molar-refractivity contribution in [1.29, 1.82) is 0 Å². The molecule has 9 aromatic rings. The summed E-state index contributed by atoms with van der Waals surface area (Å²) in [5, 5.41) is 4.51. The lowest BCUT2D eigenvalue weighted by molar-refractivity contribution is 0.617. The average Bonchev–Trinajstić information content (AvgIpc) is 3.69. The molecule has 0 amide bonds. The van der Waals surface area contributed by atoms with Crippen LogP contribution in [-0.4, -0.2) is 4.98 Å². The molecule has 0 spiro atoms. The Morgan fingerprint density at radius 1 is 0.467 bits per heavy atom. The van der Waals surface area contributed by atoms with Crippen molar-refractivity contribution in [3.8, 4) is 22.6 Å². The highest BCUT2D eigenvalue weighted by molar-refractivity contribution is 6.15. The van der Waals surface area contributed by atoms with Gasteiger partial charge in [-0.25, -0.2) is 4.98 Å². The minimum absolute atomic E-state index is 0.597. The molecule has 7 aromatic carbocycles. The summed E-state index contributed by atoms with van der Waals surface area (Å²) < 4.78 is 12.6. The zero-order valence-electron chi connectivity index (χ0n) is 24.2. The predicted molar refractivity (Wildman–Crippen MR) is 184 cm³/mol. The van der Waals surface area contributed by atoms with E-state index in [1.807, 2.05) is 48.5 Å². The number of nitrogens with zero attached hydrogens (tertiary/aromatic N) is 2. The fraction of sp³-hybridized carbons (Fsp3) is 0. The summed E-state index contributed by atoms with van der Waals surface area (Å²) in [6.07, 6.45) is 0. The number of anilines is 3. The normalized spacial score (nSPS) is 11.6. The summed E-state index contributed by atoms with van der Waals surface area (Å²) in [6.45, 7) is 0. The SMILES string of the molecule is c1ccc(-c2nc3cc4c(cc3o2)oc2cccc(N(c3ccccc3)c3ccc(-c5cccc6ccccc56)cc3)c24)cc1. The van der Waals surface area contributed by atoms with Gasteiger partial charge in [0.1, 0.15) is 16.7 Å². The fourth-order valence-corrected chi connectivity index (χ4v) is 6.39. The first-order valence-electron chi connectivity index (χ1n) is 15.0. The first-order chi connectivity index (χ1) is 22.3. The van der Waals surface area contributed by atoms with Crippen LogP contribution < -0.4 is 4.90 Å². The average molecular weight is 579 g/mol. The number of benzene rings is 7. The largest absolute Gasteiger partial charge is 0.456 e. The predicted octanol–water partition coefficient (Wildman–Crippen LogP) is 11.7. The highest BCUT2D eigenvalue weighted by Crippen LogP contribution is 2.44. The second kappa shape index (κ2) is 10.2. The summed E-state index contributed by atoms with van der Waals surface area (Å²) in [5.74, 6) is 0.597. The molecule has 4 nitrogen and oxygen atoms in total. The summed E-state index contributed by atoms with van der Waals surface area (Å²) >= 11 is 0. The summed E-state index contributed by atoms with van der Waals surface area (Å²) in [4.78, 5) is 7.15. The van der Waals surface area contributed by atoms with Crippen molar-refractivity contribution < 1.29 is 8.83 Å². The quantitative estimate of drug-likeness (QED) is 0.204. The van der Waals surface area contributed by atoms with Gasteiger partial charge in [0.05, 0.1) is 11.1 Å². The van der Waals surface area contributed by atoms with Gasteiger partial charge in [-0.2, -0.15) is 0 Å². The third kappa shape index (κ3) is 4.27. The molecule has 2 aromatic heterocycles.